The first kappa shape index (κ1) is 18.8. The molecule has 1 amide bonds. The van der Waals surface area contributed by atoms with Crippen LogP contribution in [0.5, 0.6) is 0 Å². The lowest BCUT2D eigenvalue weighted by molar-refractivity contribution is 0.0954. The highest BCUT2D eigenvalue weighted by Gasteiger charge is 2.06. The highest BCUT2D eigenvalue weighted by Crippen LogP contribution is 2.04. The van der Waals surface area contributed by atoms with Gasteiger partial charge in [0.05, 0.1) is 10.7 Å². The molecule has 2 aromatic heterocycles. The fourth-order valence-corrected chi connectivity index (χ4v) is 2.11. The van der Waals surface area contributed by atoms with E-state index < -0.39 is 0 Å². The summed E-state index contributed by atoms with van der Waals surface area (Å²) < 4.78 is 0. The van der Waals surface area contributed by atoms with Gasteiger partial charge in [0.15, 0.2) is 0 Å². The minimum absolute atomic E-state index is 0. The molecule has 110 valence electrons. The van der Waals surface area contributed by atoms with Gasteiger partial charge in [-0.25, -0.2) is 4.98 Å². The third kappa shape index (κ3) is 5.42. The van der Waals surface area contributed by atoms with Crippen LogP contribution in [0.25, 0.3) is 0 Å². The lowest BCUT2D eigenvalue weighted by Gasteiger charge is -2.04. The number of hydrogen-bond donors (Lipinski definition) is 2. The van der Waals surface area contributed by atoms with E-state index >= 15 is 0 Å². The molecule has 0 bridgehead atoms. The van der Waals surface area contributed by atoms with Crippen LogP contribution in [0.4, 0.5) is 0 Å². The minimum atomic E-state index is -0.108. The van der Waals surface area contributed by atoms with Crippen molar-refractivity contribution >= 4 is 42.1 Å². The maximum atomic E-state index is 11.8. The summed E-state index contributed by atoms with van der Waals surface area (Å²) in [5.74, 6) is -0.108. The third-order valence-corrected chi connectivity index (χ3v) is 3.24. The Morgan fingerprint density at radius 2 is 2.10 bits per heavy atom. The van der Waals surface area contributed by atoms with Gasteiger partial charge in [-0.3, -0.25) is 9.78 Å². The molecular formula is C12H16Cl2N4OS. The number of thiazole rings is 1. The monoisotopic (exact) mass is 334 g/mol. The zero-order valence-corrected chi connectivity index (χ0v) is 13.1. The smallest absolute Gasteiger partial charge is 0.251 e. The number of aromatic nitrogens is 2. The van der Waals surface area contributed by atoms with E-state index in [2.05, 4.69) is 15.3 Å². The molecule has 0 unspecified atom stereocenters. The van der Waals surface area contributed by atoms with Gasteiger partial charge in [0.1, 0.15) is 0 Å². The van der Waals surface area contributed by atoms with E-state index in [0.717, 1.165) is 11.4 Å². The summed E-state index contributed by atoms with van der Waals surface area (Å²) in [4.78, 5) is 20.0. The number of nitrogens with two attached hydrogens (primary N) is 1. The fraction of sp³-hybridized carbons (Fsp3) is 0.250. The average Bonchev–Trinajstić information content (AvgIpc) is 2.92. The maximum absolute atomic E-state index is 11.8. The van der Waals surface area contributed by atoms with E-state index in [-0.39, 0.29) is 30.7 Å². The van der Waals surface area contributed by atoms with Gasteiger partial charge in [0.25, 0.3) is 5.91 Å². The van der Waals surface area contributed by atoms with Crippen LogP contribution in [0.3, 0.4) is 0 Å². The zero-order chi connectivity index (χ0) is 12.8. The minimum Gasteiger partial charge on any atom is -0.352 e. The van der Waals surface area contributed by atoms with Gasteiger partial charge in [-0.2, -0.15) is 0 Å². The molecule has 2 aromatic rings. The number of pyridine rings is 1. The Morgan fingerprint density at radius 3 is 2.75 bits per heavy atom. The van der Waals surface area contributed by atoms with Crippen LogP contribution in [0.2, 0.25) is 0 Å². The highest BCUT2D eigenvalue weighted by molar-refractivity contribution is 7.09. The number of nitrogens with one attached hydrogen (secondary N) is 1. The molecule has 0 atom stereocenters. The van der Waals surface area contributed by atoms with E-state index in [1.54, 1.807) is 35.9 Å². The standard InChI is InChI=1S/C12H14N4OS.2ClH/c13-8-10-7-9(1-3-14-10)12(17)16-4-2-11-15-5-6-18-11;;/h1,3,5-7H,2,4,8,13H2,(H,16,17);2*1H. The molecule has 20 heavy (non-hydrogen) atoms. The van der Waals surface area contributed by atoms with Crippen LogP contribution in [0, 0.1) is 0 Å². The fourth-order valence-electron chi connectivity index (χ4n) is 1.49. The van der Waals surface area contributed by atoms with Crippen molar-refractivity contribution in [1.29, 1.82) is 0 Å². The second-order valence-corrected chi connectivity index (χ2v) is 4.65. The summed E-state index contributed by atoms with van der Waals surface area (Å²) in [5, 5.41) is 5.79. The Morgan fingerprint density at radius 1 is 1.30 bits per heavy atom. The van der Waals surface area contributed by atoms with Crippen LogP contribution in [-0.2, 0) is 13.0 Å². The van der Waals surface area contributed by atoms with E-state index in [1.165, 1.54) is 0 Å². The Balaban J connectivity index is 0.00000180. The Bertz CT molecular complexity index is 522. The molecule has 8 heteroatoms. The van der Waals surface area contributed by atoms with E-state index in [9.17, 15) is 4.79 Å². The van der Waals surface area contributed by atoms with Gasteiger partial charge in [-0.1, -0.05) is 0 Å². The lowest BCUT2D eigenvalue weighted by atomic mass is 10.2. The quantitative estimate of drug-likeness (QED) is 0.873. The van der Waals surface area contributed by atoms with Crippen LogP contribution in [0.1, 0.15) is 21.1 Å². The number of rotatable bonds is 5. The van der Waals surface area contributed by atoms with Crippen molar-refractivity contribution < 1.29 is 4.79 Å². The molecule has 0 saturated heterocycles. The van der Waals surface area contributed by atoms with Crippen molar-refractivity contribution in [1.82, 2.24) is 15.3 Å². The molecule has 0 saturated carbocycles. The summed E-state index contributed by atoms with van der Waals surface area (Å²) in [6, 6.07) is 3.39. The van der Waals surface area contributed by atoms with Gasteiger partial charge >= 0.3 is 0 Å². The van der Waals surface area contributed by atoms with Crippen molar-refractivity contribution in [2.45, 2.75) is 13.0 Å². The molecule has 0 aromatic carbocycles. The summed E-state index contributed by atoms with van der Waals surface area (Å²) in [6.45, 7) is 0.910. The SMILES string of the molecule is Cl.Cl.NCc1cc(C(=O)NCCc2nccs2)ccn1. The largest absolute Gasteiger partial charge is 0.352 e. The maximum Gasteiger partial charge on any atom is 0.251 e. The Labute approximate surface area is 133 Å². The third-order valence-electron chi connectivity index (χ3n) is 2.40. The van der Waals surface area contributed by atoms with Crippen molar-refractivity contribution in [3.05, 3.63) is 46.2 Å². The number of hydrogen-bond acceptors (Lipinski definition) is 5. The zero-order valence-electron chi connectivity index (χ0n) is 10.6. The molecule has 5 nitrogen and oxygen atoms in total. The van der Waals surface area contributed by atoms with Crippen LogP contribution in [0.15, 0.2) is 29.9 Å². The van der Waals surface area contributed by atoms with Crippen LogP contribution < -0.4 is 11.1 Å². The Hall–Kier alpha value is -1.21. The molecule has 3 N–H and O–H groups in total. The second kappa shape index (κ2) is 9.66. The molecular weight excluding hydrogens is 319 g/mol. The summed E-state index contributed by atoms with van der Waals surface area (Å²) in [6.07, 6.45) is 4.11. The van der Waals surface area contributed by atoms with E-state index in [0.29, 0.717) is 24.3 Å². The normalized spacial score (nSPS) is 9.25. The molecule has 0 aliphatic heterocycles. The first-order chi connectivity index (χ1) is 8.79. The predicted octanol–water partition coefficient (Wildman–Crippen LogP) is 1.81. The predicted molar refractivity (Wildman–Crippen MR) is 84.8 cm³/mol. The number of carbonyl (C=O) groups is 1. The number of carbonyl (C=O) groups excluding carboxylic acids is 1. The molecule has 2 rings (SSSR count). The summed E-state index contributed by atoms with van der Waals surface area (Å²) in [5.41, 5.74) is 6.78. The summed E-state index contributed by atoms with van der Waals surface area (Å²) in [7, 11) is 0. The Kier molecular flexibility index (Phi) is 9.07. The molecule has 0 radical (unpaired) electrons. The van der Waals surface area contributed by atoms with Gasteiger partial charge in [0.2, 0.25) is 0 Å². The average molecular weight is 335 g/mol. The van der Waals surface area contributed by atoms with Gasteiger partial charge in [-0.05, 0) is 12.1 Å². The van der Waals surface area contributed by atoms with Crippen molar-refractivity contribution in [3.63, 3.8) is 0 Å². The summed E-state index contributed by atoms with van der Waals surface area (Å²) >= 11 is 1.59. The van der Waals surface area contributed by atoms with E-state index in [1.807, 2.05) is 5.38 Å². The molecule has 2 heterocycles. The van der Waals surface area contributed by atoms with Gasteiger partial charge < -0.3 is 11.1 Å². The number of halogens is 2. The van der Waals surface area contributed by atoms with Gasteiger partial charge in [-0.15, -0.1) is 36.2 Å². The first-order valence-corrected chi connectivity index (χ1v) is 6.49. The lowest BCUT2D eigenvalue weighted by Crippen LogP contribution is -2.25. The molecule has 0 spiro atoms. The second-order valence-electron chi connectivity index (χ2n) is 3.67. The molecule has 0 aliphatic rings. The topological polar surface area (TPSA) is 80.9 Å². The van der Waals surface area contributed by atoms with Crippen molar-refractivity contribution in [3.8, 4) is 0 Å². The van der Waals surface area contributed by atoms with Crippen molar-refractivity contribution in [2.75, 3.05) is 6.54 Å². The van der Waals surface area contributed by atoms with E-state index in [4.69, 9.17) is 5.73 Å². The number of nitrogens with zero attached hydrogens (tertiary/aromatic N) is 2. The molecule has 0 aliphatic carbocycles. The molecule has 0 fully saturated rings. The van der Waals surface area contributed by atoms with Gasteiger partial charge in [0, 0.05) is 42.8 Å². The van der Waals surface area contributed by atoms with Crippen LogP contribution >= 0.6 is 36.2 Å². The highest BCUT2D eigenvalue weighted by atomic mass is 35.5. The van der Waals surface area contributed by atoms with Crippen molar-refractivity contribution in [2.24, 2.45) is 5.73 Å². The number of amides is 1. The van der Waals surface area contributed by atoms with Crippen LogP contribution in [-0.4, -0.2) is 22.4 Å². The first-order valence-electron chi connectivity index (χ1n) is 5.61.